The van der Waals surface area contributed by atoms with E-state index in [0.717, 1.165) is 72.2 Å². The molecule has 0 atom stereocenters. The van der Waals surface area contributed by atoms with Gasteiger partial charge in [-0.15, -0.1) is 0 Å². The number of aromatic nitrogens is 4. The lowest BCUT2D eigenvalue weighted by molar-refractivity contribution is 1.08. The molecule has 4 aromatic heterocycles. The number of pyridine rings is 2. The summed E-state index contributed by atoms with van der Waals surface area (Å²) in [6.45, 7) is 0. The van der Waals surface area contributed by atoms with Crippen molar-refractivity contribution < 1.29 is 0 Å². The van der Waals surface area contributed by atoms with Gasteiger partial charge in [-0.25, -0.2) is 9.97 Å². The molecule has 8 aromatic carbocycles. The first kappa shape index (κ1) is 32.4. The quantitative estimate of drug-likeness (QED) is 0.165. The van der Waals surface area contributed by atoms with Crippen molar-refractivity contribution in [2.45, 2.75) is 0 Å². The van der Waals surface area contributed by atoms with Gasteiger partial charge in [0.1, 0.15) is 11.5 Å². The Balaban J connectivity index is 1.11. The predicted octanol–water partition coefficient (Wildman–Crippen LogP) is 14.0. The van der Waals surface area contributed by atoms with Gasteiger partial charge >= 0.3 is 0 Å². The molecule has 0 saturated carbocycles. The van der Waals surface area contributed by atoms with Gasteiger partial charge < -0.3 is 0 Å². The normalized spacial score (nSPS) is 11.8. The number of fused-ring (bicyclic) bond motifs is 11. The molecule has 0 spiro atoms. The molecule has 0 N–H and O–H groups in total. The van der Waals surface area contributed by atoms with Crippen LogP contribution < -0.4 is 0 Å². The molecule has 12 rings (SSSR count). The van der Waals surface area contributed by atoms with E-state index in [0.29, 0.717) is 0 Å². The lowest BCUT2D eigenvalue weighted by Gasteiger charge is -2.14. The van der Waals surface area contributed by atoms with Gasteiger partial charge in [0, 0.05) is 27.1 Å². The third-order valence-corrected chi connectivity index (χ3v) is 11.7. The zero-order valence-electron chi connectivity index (χ0n) is 31.4. The number of hydrogen-bond acceptors (Lipinski definition) is 2. The van der Waals surface area contributed by atoms with Crippen LogP contribution in [0.4, 0.5) is 0 Å². The van der Waals surface area contributed by atoms with Crippen molar-refractivity contribution in [1.29, 1.82) is 0 Å². The van der Waals surface area contributed by atoms with Crippen LogP contribution in [0.1, 0.15) is 0 Å². The van der Waals surface area contributed by atoms with Gasteiger partial charge in [-0.1, -0.05) is 170 Å². The molecule has 4 heteroatoms. The molecular formula is C54H34N4. The average Bonchev–Trinajstić information content (AvgIpc) is 3.84. The van der Waals surface area contributed by atoms with E-state index in [4.69, 9.17) is 9.97 Å². The van der Waals surface area contributed by atoms with Crippen molar-refractivity contribution in [2.75, 3.05) is 0 Å². The van der Waals surface area contributed by atoms with E-state index < -0.39 is 0 Å². The summed E-state index contributed by atoms with van der Waals surface area (Å²) >= 11 is 0. The summed E-state index contributed by atoms with van der Waals surface area (Å²) in [5.74, 6) is 0.862. The maximum Gasteiger partial charge on any atom is 0.146 e. The lowest BCUT2D eigenvalue weighted by Crippen LogP contribution is -2.00. The maximum absolute atomic E-state index is 5.50. The number of benzene rings is 8. The van der Waals surface area contributed by atoms with Crippen LogP contribution in [0, 0.1) is 0 Å². The summed E-state index contributed by atoms with van der Waals surface area (Å²) in [6.07, 6.45) is 0. The first-order chi connectivity index (χ1) is 28.7. The number of hydrogen-bond donors (Lipinski definition) is 0. The van der Waals surface area contributed by atoms with Gasteiger partial charge in [-0.05, 0) is 75.2 Å². The van der Waals surface area contributed by atoms with Crippen LogP contribution in [0.2, 0.25) is 0 Å². The summed E-state index contributed by atoms with van der Waals surface area (Å²) < 4.78 is 4.68. The smallest absolute Gasteiger partial charge is 0.146 e. The standard InChI is InChI=1S/C54H34N4/c1-3-13-35(14-4-1)37-23-25-39(26-24-37)41-31-47(40-29-27-38(28-30-40)36-15-5-2-6-16-36)55-53(32-41)57-49-21-11-10-19-44(49)46-33-48-52(34-51(46)57)58-50-22-12-9-18-43(50)42-17-7-8-20-45(42)54(58)56-48/h1-34H. The topological polar surface area (TPSA) is 35.1 Å². The van der Waals surface area contributed by atoms with Crippen LogP contribution in [0.15, 0.2) is 206 Å². The Hall–Kier alpha value is -7.82. The highest BCUT2D eigenvalue weighted by Crippen LogP contribution is 2.39. The van der Waals surface area contributed by atoms with Crippen LogP contribution in [0.3, 0.4) is 0 Å². The summed E-state index contributed by atoms with van der Waals surface area (Å²) in [7, 11) is 0. The van der Waals surface area contributed by atoms with Gasteiger partial charge in [-0.2, -0.15) is 0 Å². The molecule has 0 aliphatic carbocycles. The molecular weight excluding hydrogens is 705 g/mol. The highest BCUT2D eigenvalue weighted by Gasteiger charge is 2.20. The van der Waals surface area contributed by atoms with Gasteiger partial charge in [-0.3, -0.25) is 8.97 Å². The molecule has 0 unspecified atom stereocenters. The Kier molecular flexibility index (Phi) is 7.20. The van der Waals surface area contributed by atoms with Crippen LogP contribution in [-0.2, 0) is 0 Å². The highest BCUT2D eigenvalue weighted by atomic mass is 15.1. The highest BCUT2D eigenvalue weighted by molar-refractivity contribution is 6.17. The second-order valence-corrected chi connectivity index (χ2v) is 15.0. The average molecular weight is 739 g/mol. The number of nitrogens with zero attached hydrogens (tertiary/aromatic N) is 4. The predicted molar refractivity (Wildman–Crippen MR) is 242 cm³/mol. The maximum atomic E-state index is 5.50. The third-order valence-electron chi connectivity index (χ3n) is 11.7. The van der Waals surface area contributed by atoms with E-state index in [1.165, 1.54) is 38.4 Å². The Labute approximate surface area is 334 Å². The van der Waals surface area contributed by atoms with Crippen molar-refractivity contribution in [3.05, 3.63) is 206 Å². The van der Waals surface area contributed by atoms with Crippen molar-refractivity contribution >= 4 is 60.2 Å². The van der Waals surface area contributed by atoms with Gasteiger partial charge in [0.15, 0.2) is 0 Å². The molecule has 58 heavy (non-hydrogen) atoms. The summed E-state index contributed by atoms with van der Waals surface area (Å²) in [5.41, 5.74) is 15.3. The number of imidazole rings is 1. The van der Waals surface area contributed by atoms with E-state index in [1.807, 2.05) is 0 Å². The molecule has 4 heterocycles. The summed E-state index contributed by atoms with van der Waals surface area (Å²) in [4.78, 5) is 10.8. The van der Waals surface area contributed by atoms with E-state index >= 15 is 0 Å². The molecule has 0 aliphatic heterocycles. The largest absolute Gasteiger partial charge is 0.294 e. The van der Waals surface area contributed by atoms with E-state index in [9.17, 15) is 0 Å². The second-order valence-electron chi connectivity index (χ2n) is 15.0. The van der Waals surface area contributed by atoms with Crippen LogP contribution in [-0.4, -0.2) is 18.9 Å². The Morgan fingerprint density at radius 2 is 0.793 bits per heavy atom. The fraction of sp³-hybridized carbons (Fsp3) is 0. The zero-order valence-corrected chi connectivity index (χ0v) is 31.4. The lowest BCUT2D eigenvalue weighted by atomic mass is 9.98. The molecule has 12 aromatic rings. The van der Waals surface area contributed by atoms with Gasteiger partial charge in [0.05, 0.1) is 33.3 Å². The number of rotatable bonds is 5. The van der Waals surface area contributed by atoms with Crippen molar-refractivity contribution in [3.8, 4) is 50.5 Å². The minimum absolute atomic E-state index is 0.862. The first-order valence-corrected chi connectivity index (χ1v) is 19.7. The Bertz CT molecular complexity index is 3420. The third kappa shape index (κ3) is 5.09. The molecule has 0 bridgehead atoms. The van der Waals surface area contributed by atoms with Crippen molar-refractivity contribution in [1.82, 2.24) is 18.9 Å². The fourth-order valence-electron chi connectivity index (χ4n) is 8.92. The molecule has 0 aliphatic rings. The zero-order chi connectivity index (χ0) is 38.2. The number of para-hydroxylation sites is 2. The molecule has 0 fully saturated rings. The molecule has 4 nitrogen and oxygen atoms in total. The Morgan fingerprint density at radius 1 is 0.293 bits per heavy atom. The minimum atomic E-state index is 0.862. The second kappa shape index (κ2) is 12.9. The molecule has 270 valence electrons. The molecule has 0 radical (unpaired) electrons. The van der Waals surface area contributed by atoms with Gasteiger partial charge in [0.25, 0.3) is 0 Å². The molecule has 0 saturated heterocycles. The van der Waals surface area contributed by atoms with Crippen LogP contribution in [0.5, 0.6) is 0 Å². The Morgan fingerprint density at radius 3 is 1.45 bits per heavy atom. The SMILES string of the molecule is c1ccc(-c2ccc(-c3cc(-c4ccc(-c5ccccc5)cc4)nc(-n4c5ccccc5c5cc6nc7c8ccccc8c8ccccc8n7c6cc54)c3)cc2)cc1. The van der Waals surface area contributed by atoms with E-state index in [-0.39, 0.29) is 0 Å². The minimum Gasteiger partial charge on any atom is -0.294 e. The van der Waals surface area contributed by atoms with Gasteiger partial charge in [0.2, 0.25) is 0 Å². The van der Waals surface area contributed by atoms with Crippen molar-refractivity contribution in [3.63, 3.8) is 0 Å². The first-order valence-electron chi connectivity index (χ1n) is 19.7. The van der Waals surface area contributed by atoms with Crippen LogP contribution >= 0.6 is 0 Å². The molecule has 0 amide bonds. The monoisotopic (exact) mass is 738 g/mol. The summed E-state index contributed by atoms with van der Waals surface area (Å²) in [5, 5.41) is 5.88. The summed E-state index contributed by atoms with van der Waals surface area (Å²) in [6, 6.07) is 73.8. The van der Waals surface area contributed by atoms with E-state index in [2.05, 4.69) is 215 Å². The fourth-order valence-corrected chi connectivity index (χ4v) is 8.92. The van der Waals surface area contributed by atoms with Crippen molar-refractivity contribution in [2.24, 2.45) is 0 Å². The van der Waals surface area contributed by atoms with E-state index in [1.54, 1.807) is 0 Å². The van der Waals surface area contributed by atoms with Crippen LogP contribution in [0.25, 0.3) is 111 Å².